The monoisotopic (exact) mass is 1960 g/mol. The number of rotatable bonds is 35. The Hall–Kier alpha value is -3.03. The fraction of sp³-hybridized carbons (Fsp3) is 0.544. The zero-order chi connectivity index (χ0) is 83.9. The van der Waals surface area contributed by atoms with Crippen molar-refractivity contribution in [2.75, 3.05) is 90.3 Å². The topological polar surface area (TPSA) is 503 Å². The van der Waals surface area contributed by atoms with E-state index in [9.17, 15) is 80.2 Å². The van der Waals surface area contributed by atoms with Crippen molar-refractivity contribution >= 4 is 75.9 Å². The smallest absolute Gasteiger partial charge is 1.00 e. The number of phenolic OH excluding ortho intramolecular Hbond substituents is 1. The van der Waals surface area contributed by atoms with Crippen LogP contribution in [0.25, 0.3) is 11.8 Å². The summed E-state index contributed by atoms with van der Waals surface area (Å²) in [5.41, 5.74) is -0.854. The molecule has 4 aliphatic rings. The average Bonchev–Trinajstić information content (AvgIpc) is 1.63. The second-order valence-electron chi connectivity index (χ2n) is 24.9. The van der Waals surface area contributed by atoms with E-state index in [-0.39, 0.29) is 250 Å². The number of ketones is 1. The molecule has 4 aromatic carbocycles. The van der Waals surface area contributed by atoms with E-state index < -0.39 is 91.7 Å². The molecule has 3 unspecified atom stereocenters. The number of fused-ring (bicyclic) bond motifs is 6. The predicted octanol–water partition coefficient (Wildman–Crippen LogP) is 6.62. The number of allylic oxidation sites excluding steroid dienone is 1. The van der Waals surface area contributed by atoms with Crippen LogP contribution in [0, 0.1) is 48.8 Å². The summed E-state index contributed by atoms with van der Waals surface area (Å²) in [4.78, 5) is 43.5. The van der Waals surface area contributed by atoms with Gasteiger partial charge in [0.25, 0.3) is 17.8 Å². The van der Waals surface area contributed by atoms with Crippen LogP contribution < -0.4 is 169 Å². The maximum atomic E-state index is 12.7. The van der Waals surface area contributed by atoms with E-state index >= 15 is 0 Å². The first-order chi connectivity index (χ1) is 52.8. The molecule has 114 heavy (non-hydrogen) atoms. The zero-order valence-electron chi connectivity index (χ0n) is 66.3. The Balaban J connectivity index is 0.000000782. The largest absolute Gasteiger partial charge is 1.00 e. The maximum Gasteiger partial charge on any atom is 1.00 e. The summed E-state index contributed by atoms with van der Waals surface area (Å²) in [6.45, 7) is 18.0. The van der Waals surface area contributed by atoms with Crippen LogP contribution in [0.4, 0.5) is 30.2 Å². The van der Waals surface area contributed by atoms with Gasteiger partial charge < -0.3 is 87.8 Å². The van der Waals surface area contributed by atoms with Crippen LogP contribution in [0.1, 0.15) is 114 Å². The molecule has 9 rings (SSSR count). The number of benzene rings is 4. The average molecular weight is 1960 g/mol. The summed E-state index contributed by atoms with van der Waals surface area (Å²) in [7, 11) is -19.6. The second kappa shape index (κ2) is 50.4. The number of hydrogen-bond donors (Lipinski definition) is 6. The predicted molar refractivity (Wildman–Crippen MR) is 399 cm³/mol. The molecular formula is C68H99Cs2F3N6O30P4S. The normalized spacial score (nSPS) is 20.0. The number of nitrogen functional groups attached to an aromatic ring is 1. The third-order valence-corrected chi connectivity index (χ3v) is 26.0. The Morgan fingerprint density at radius 3 is 1.56 bits per heavy atom. The number of nitrogens with one attached hydrogen (secondary N) is 1. The molecule has 7 N–H and O–H groups in total. The number of ether oxygens (including phenoxy) is 3. The first-order valence-corrected chi connectivity index (χ1v) is 43.3. The van der Waals surface area contributed by atoms with Crippen LogP contribution in [-0.4, -0.2) is 163 Å². The van der Waals surface area contributed by atoms with E-state index in [1.54, 1.807) is 65.8 Å². The first kappa shape index (κ1) is 107. The van der Waals surface area contributed by atoms with Crippen molar-refractivity contribution < 1.29 is 284 Å². The van der Waals surface area contributed by atoms with Gasteiger partial charge in [-0.05, 0) is 177 Å². The summed E-state index contributed by atoms with van der Waals surface area (Å²) < 4.78 is 167. The number of aromatic hydroxyl groups is 1. The van der Waals surface area contributed by atoms with Crippen LogP contribution in [-0.2, 0) is 89.6 Å². The minimum atomic E-state index is -5.80. The number of phenols is 1. The molecule has 630 valence electrons. The van der Waals surface area contributed by atoms with Crippen molar-refractivity contribution in [3.63, 3.8) is 0 Å². The van der Waals surface area contributed by atoms with Gasteiger partial charge >= 0.3 is 184 Å². The number of aromatic nitrogens is 2. The Kier molecular flexibility index (Phi) is 47.3. The van der Waals surface area contributed by atoms with E-state index in [2.05, 4.69) is 36.5 Å². The Labute approximate surface area is 778 Å². The van der Waals surface area contributed by atoms with Gasteiger partial charge in [0.15, 0.2) is 31.2 Å². The quantitative estimate of drug-likeness (QED) is 0.00362. The number of aliphatic hydroxyl groups excluding tert-OH is 2. The summed E-state index contributed by atoms with van der Waals surface area (Å²) in [5.74, 6) is 6.30. The van der Waals surface area contributed by atoms with Crippen LogP contribution in [0.15, 0.2) is 109 Å². The van der Waals surface area contributed by atoms with Gasteiger partial charge in [-0.25, -0.2) is 4.68 Å². The number of hydrogen-bond acceptors (Lipinski definition) is 33. The number of alkyl halides is 3. The van der Waals surface area contributed by atoms with Gasteiger partial charge in [-0.2, -0.15) is 26.7 Å². The number of carbonyl (C=O) groups is 2. The molecule has 7 atom stereocenters. The number of halogens is 3. The van der Waals surface area contributed by atoms with Gasteiger partial charge in [-0.15, -0.1) is 0 Å². The molecule has 0 radical (unpaired) electrons. The molecule has 0 bridgehead atoms. The number of hydrazine groups is 1. The van der Waals surface area contributed by atoms with Gasteiger partial charge in [0.05, 0.1) is 104 Å². The molecule has 3 saturated carbocycles. The number of aliphatic hydroxyl groups is 3. The minimum absolute atomic E-state index is 0. The van der Waals surface area contributed by atoms with E-state index in [0.717, 1.165) is 48.7 Å². The van der Waals surface area contributed by atoms with Crippen LogP contribution in [0.2, 0.25) is 0 Å². The van der Waals surface area contributed by atoms with Gasteiger partial charge in [-0.3, -0.25) is 58.1 Å². The molecule has 46 heteroatoms. The van der Waals surface area contributed by atoms with Crippen molar-refractivity contribution in [1.82, 2.24) is 9.78 Å². The summed E-state index contributed by atoms with van der Waals surface area (Å²) >= 11 is 0. The summed E-state index contributed by atoms with van der Waals surface area (Å²) in [6.07, 6.45) is 5.52. The maximum absolute atomic E-state index is 12.7. The summed E-state index contributed by atoms with van der Waals surface area (Å²) in [6, 6.07) is 25.3. The van der Waals surface area contributed by atoms with Crippen molar-refractivity contribution in [2.24, 2.45) is 34.4 Å². The number of nitro benzene ring substituents is 2. The Bertz CT molecular complexity index is 4190. The van der Waals surface area contributed by atoms with E-state index in [1.165, 1.54) is 61.9 Å². The van der Waals surface area contributed by atoms with Gasteiger partial charge in [0.1, 0.15) is 35.2 Å². The van der Waals surface area contributed by atoms with Crippen molar-refractivity contribution in [3.05, 3.63) is 140 Å². The second-order valence-corrected chi connectivity index (χ2v) is 34.5. The van der Waals surface area contributed by atoms with Crippen LogP contribution in [0.3, 0.4) is 0 Å². The molecule has 0 amide bonds. The van der Waals surface area contributed by atoms with Crippen LogP contribution in [0.5, 0.6) is 23.0 Å². The van der Waals surface area contributed by atoms with E-state index in [0.29, 0.717) is 43.2 Å². The molecule has 3 fully saturated rings. The van der Waals surface area contributed by atoms with Crippen molar-refractivity contribution in [3.8, 4) is 28.7 Å². The Morgan fingerprint density at radius 1 is 0.702 bits per heavy atom. The Morgan fingerprint density at radius 2 is 1.14 bits per heavy atom. The number of nitro groups is 2. The number of nitrogens with zero attached hydrogens (tertiary/aromatic N) is 4. The van der Waals surface area contributed by atoms with Crippen LogP contribution >= 0.6 is 30.4 Å². The molecule has 1 heterocycles. The SMILES string of the molecule is CCOP(=O)(COS(=O)(=O)C(F)(F)F)OCC.CCOP(=O)(COc1ccc(-n2ncc3c2C=C2CCC4C([C@@H](O)C[C@@]5(C)C4CC[C@]5(O)C(=O)CO)[C@@]2(C)C3)cc1)OCC.CCOP(=O)(COc1cccc(NN)c1)OCC.CCOP(=O)(COc1cccc([N+](=O)[O-])c1)OCC.O=CO[O-].O=[N+]([O-])c1cccc(O)c1.[Cs+].[Cs+].[H-]. The number of carbonyl (C=O) groups excluding carboxylic acids is 2. The van der Waals surface area contributed by atoms with E-state index in [1.807, 2.05) is 42.1 Å². The number of Topliss-reactive ketones (excluding diaryl/α,β-unsaturated/α-hetero) is 1. The molecular weight excluding hydrogens is 1860 g/mol. The number of nitrogens with two attached hydrogens (primary N) is 1. The fourth-order valence-corrected chi connectivity index (χ4v) is 19.5. The zero-order valence-corrected chi connectivity index (χ0v) is 82.3. The summed E-state index contributed by atoms with van der Waals surface area (Å²) in [5, 5.41) is 75.5. The van der Waals surface area contributed by atoms with Gasteiger partial charge in [-0.1, -0.05) is 37.6 Å². The first-order valence-electron chi connectivity index (χ1n) is 35.0. The van der Waals surface area contributed by atoms with Gasteiger partial charge in [0.2, 0.25) is 0 Å². The molecule has 0 spiro atoms. The number of non-ortho nitro benzene ring substituents is 2. The standard InChI is InChI=1S/C33H45N2O8P.C11H19N2O4P.C11H16NO6P.C6H12F3O6PS.C6H5NO3.CH2O3.2Cs.H/c1-5-42-44(40,43-6-2)20-41-24-10-8-23(9-11-24)35-27-15-22-7-12-25-26-13-14-33(39,29(38)19-36)32(26,4)17-28(37)30(25)31(22,3)16-21(27)18-34-35;1-3-16-18(14,17-4-2)9-15-11-7-5-6-10(8-11)13-12;1-3-17-19(15,18-4-2)9-16-11-7-5-6-10(8-11)12(13)14;1-3-13-16(10,14-4-2)5-15-17(11,12)6(7,8)9;8-6-3-1-2-5(4-6)7(9)10;2-1-4-3;;;/h8-11,15,18,25-26,28,30,36-37,39H,5-7,12-14,16-17,19-20H2,1-4H3;5-8,13H,3-4,9,12H2,1-2H3;5-8H,3-4,9H2,1-2H3;3-5H2,1-2H3;1-4,8H;1,3H;;;/q;;;;;;2*+1;-1/p-1/t25?,26?,28-,30?,31-,32-,33-;;;;;;;;/m0......../s1. The minimum Gasteiger partial charge on any atom is -1.00 e. The van der Waals surface area contributed by atoms with E-state index in [4.69, 9.17) is 67.5 Å². The van der Waals surface area contributed by atoms with Crippen molar-refractivity contribution in [2.45, 2.75) is 125 Å². The molecule has 0 saturated heterocycles. The third-order valence-electron chi connectivity index (χ3n) is 17.8. The molecule has 1 aromatic heterocycles. The molecule has 5 aromatic rings. The van der Waals surface area contributed by atoms with Crippen molar-refractivity contribution in [1.29, 1.82) is 0 Å². The third kappa shape index (κ3) is 30.8. The molecule has 36 nitrogen and oxygen atoms in total. The fourth-order valence-electron chi connectivity index (χ4n) is 13.3. The van der Waals surface area contributed by atoms with Gasteiger partial charge in [0, 0.05) is 23.6 Å². The molecule has 0 aliphatic heterocycles. The molecule has 4 aliphatic carbocycles. The number of anilines is 1.